The van der Waals surface area contributed by atoms with E-state index < -0.39 is 0 Å². The molecule has 0 saturated carbocycles. The highest BCUT2D eigenvalue weighted by Crippen LogP contribution is 2.26. The minimum Gasteiger partial charge on any atom is -0.383 e. The molecule has 0 saturated heterocycles. The number of nitrogens with zero attached hydrogens (tertiary/aromatic N) is 3. The molecule has 0 bridgehead atoms. The Hall–Kier alpha value is -3.17. The van der Waals surface area contributed by atoms with Gasteiger partial charge in [0.15, 0.2) is 0 Å². The second kappa shape index (κ2) is 11.5. The monoisotopic (exact) mass is 528 g/mol. The molecule has 0 aliphatic carbocycles. The van der Waals surface area contributed by atoms with Crippen LogP contribution in [-0.2, 0) is 9.53 Å². The summed E-state index contributed by atoms with van der Waals surface area (Å²) in [4.78, 5) is 32.6. The number of ether oxygens (including phenoxy) is 1. The highest BCUT2D eigenvalue weighted by molar-refractivity contribution is 7.12. The van der Waals surface area contributed by atoms with Crippen LogP contribution in [-0.4, -0.2) is 53.1 Å². The average molecular weight is 529 g/mol. The molecule has 1 N–H and O–H groups in total. The Morgan fingerprint density at radius 3 is 2.57 bits per heavy atom. The number of amides is 2. The number of carbonyl (C=O) groups excluding carboxylic acids is 2. The van der Waals surface area contributed by atoms with Crippen LogP contribution in [0, 0.1) is 0 Å². The molecule has 35 heavy (non-hydrogen) atoms. The van der Waals surface area contributed by atoms with Gasteiger partial charge < -0.3 is 9.64 Å². The van der Waals surface area contributed by atoms with Crippen molar-refractivity contribution in [3.8, 4) is 16.9 Å². The molecule has 0 aliphatic heterocycles. The number of methoxy groups -OCH3 is 1. The van der Waals surface area contributed by atoms with Gasteiger partial charge in [0.1, 0.15) is 6.54 Å². The molecule has 2 amide bonds. The first-order valence-corrected chi connectivity index (χ1v) is 12.3. The quantitative estimate of drug-likeness (QED) is 0.305. The number of anilines is 1. The van der Waals surface area contributed by atoms with Gasteiger partial charge in [0.2, 0.25) is 11.9 Å². The van der Waals surface area contributed by atoms with E-state index in [-0.39, 0.29) is 24.9 Å². The summed E-state index contributed by atoms with van der Waals surface area (Å²) in [6.07, 6.45) is 1.81. The normalized spacial score (nSPS) is 10.8. The number of hydrogen-bond acceptors (Lipinski definition) is 5. The van der Waals surface area contributed by atoms with Crippen LogP contribution in [0.5, 0.6) is 0 Å². The summed E-state index contributed by atoms with van der Waals surface area (Å²) in [5.74, 6) is -0.313. The van der Waals surface area contributed by atoms with Crippen molar-refractivity contribution in [2.75, 3.05) is 32.1 Å². The lowest BCUT2D eigenvalue weighted by atomic mass is 10.2. The summed E-state index contributed by atoms with van der Waals surface area (Å²) in [6.45, 7) is 0.431. The molecule has 2 heterocycles. The molecule has 180 valence electrons. The van der Waals surface area contributed by atoms with Crippen molar-refractivity contribution in [1.82, 2.24) is 14.5 Å². The predicted octanol–water partition coefficient (Wildman–Crippen LogP) is 5.63. The van der Waals surface area contributed by atoms with E-state index in [4.69, 9.17) is 27.9 Å². The lowest BCUT2D eigenvalue weighted by Crippen LogP contribution is -2.40. The first-order chi connectivity index (χ1) is 16.9. The van der Waals surface area contributed by atoms with Crippen LogP contribution in [0.25, 0.3) is 16.9 Å². The fourth-order valence-corrected chi connectivity index (χ4v) is 4.40. The van der Waals surface area contributed by atoms with Crippen molar-refractivity contribution >= 4 is 52.3 Å². The summed E-state index contributed by atoms with van der Waals surface area (Å²) >= 11 is 13.6. The van der Waals surface area contributed by atoms with E-state index in [1.54, 1.807) is 48.1 Å². The summed E-state index contributed by atoms with van der Waals surface area (Å²) in [5.41, 5.74) is 2.20. The fourth-order valence-electron chi connectivity index (χ4n) is 3.40. The lowest BCUT2D eigenvalue weighted by molar-refractivity contribution is -0.117. The highest BCUT2D eigenvalue weighted by Gasteiger charge is 2.21. The predicted molar refractivity (Wildman–Crippen MR) is 140 cm³/mol. The van der Waals surface area contributed by atoms with Crippen molar-refractivity contribution in [1.29, 1.82) is 0 Å². The second-order valence-electron chi connectivity index (χ2n) is 7.55. The van der Waals surface area contributed by atoms with E-state index in [1.165, 1.54) is 16.2 Å². The Labute approximate surface area is 216 Å². The van der Waals surface area contributed by atoms with Crippen LogP contribution in [0.1, 0.15) is 9.67 Å². The Morgan fingerprint density at radius 2 is 1.89 bits per heavy atom. The smallest absolute Gasteiger partial charge is 0.264 e. The van der Waals surface area contributed by atoms with Gasteiger partial charge in [-0.25, -0.2) is 4.98 Å². The van der Waals surface area contributed by atoms with Gasteiger partial charge in [-0.3, -0.25) is 19.5 Å². The van der Waals surface area contributed by atoms with Crippen molar-refractivity contribution in [3.63, 3.8) is 0 Å². The Bertz CT molecular complexity index is 1310. The molecule has 0 spiro atoms. The minimum absolute atomic E-state index is 0.154. The summed E-state index contributed by atoms with van der Waals surface area (Å²) in [5, 5.41) is 5.83. The zero-order chi connectivity index (χ0) is 24.8. The van der Waals surface area contributed by atoms with E-state index in [0.717, 1.165) is 11.3 Å². The number of hydrogen-bond donors (Lipinski definition) is 1. The third-order valence-electron chi connectivity index (χ3n) is 5.10. The molecular weight excluding hydrogens is 507 g/mol. The Kier molecular flexibility index (Phi) is 8.20. The molecule has 7 nitrogen and oxygen atoms in total. The molecule has 4 aromatic rings. The molecule has 10 heteroatoms. The third-order valence-corrected chi connectivity index (χ3v) is 6.45. The van der Waals surface area contributed by atoms with Crippen LogP contribution in [0.3, 0.4) is 0 Å². The van der Waals surface area contributed by atoms with Crippen LogP contribution in [0.4, 0.5) is 5.95 Å². The number of rotatable bonds is 9. The van der Waals surface area contributed by atoms with Crippen LogP contribution in [0.15, 0.2) is 72.2 Å². The first-order valence-electron chi connectivity index (χ1n) is 10.7. The van der Waals surface area contributed by atoms with Crippen molar-refractivity contribution < 1.29 is 14.3 Å². The van der Waals surface area contributed by atoms with Crippen molar-refractivity contribution in [3.05, 3.63) is 87.2 Å². The van der Waals surface area contributed by atoms with Crippen LogP contribution in [0.2, 0.25) is 10.0 Å². The maximum absolute atomic E-state index is 13.1. The largest absolute Gasteiger partial charge is 0.383 e. The number of imidazole rings is 1. The summed E-state index contributed by atoms with van der Waals surface area (Å²) < 4.78 is 6.87. The van der Waals surface area contributed by atoms with E-state index in [9.17, 15) is 9.59 Å². The Balaban J connectivity index is 1.61. The van der Waals surface area contributed by atoms with Crippen LogP contribution < -0.4 is 5.32 Å². The van der Waals surface area contributed by atoms with Gasteiger partial charge in [0.25, 0.3) is 5.91 Å². The van der Waals surface area contributed by atoms with E-state index in [2.05, 4.69) is 10.3 Å². The zero-order valence-electron chi connectivity index (χ0n) is 18.8. The van der Waals surface area contributed by atoms with Gasteiger partial charge in [0, 0.05) is 41.1 Å². The molecule has 0 fully saturated rings. The minimum atomic E-state index is -0.387. The van der Waals surface area contributed by atoms with E-state index in [0.29, 0.717) is 33.2 Å². The Morgan fingerprint density at radius 1 is 1.09 bits per heavy atom. The van der Waals surface area contributed by atoms with Crippen molar-refractivity contribution in [2.45, 2.75) is 0 Å². The SMILES string of the molecule is COCCN(CC(=O)Nc1nc(-c2ccc(Cl)cc2)cn1-c1cccc(Cl)c1)C(=O)c1cccs1. The van der Waals surface area contributed by atoms with Gasteiger partial charge in [-0.1, -0.05) is 47.5 Å². The number of thiophene rings is 1. The number of carbonyl (C=O) groups is 2. The molecule has 0 radical (unpaired) electrons. The molecule has 0 unspecified atom stereocenters. The number of halogens is 2. The molecule has 0 atom stereocenters. The molecule has 2 aromatic carbocycles. The van der Waals surface area contributed by atoms with E-state index in [1.807, 2.05) is 35.8 Å². The number of benzene rings is 2. The van der Waals surface area contributed by atoms with Crippen molar-refractivity contribution in [2.24, 2.45) is 0 Å². The zero-order valence-corrected chi connectivity index (χ0v) is 21.1. The molecule has 2 aromatic heterocycles. The summed E-state index contributed by atoms with van der Waals surface area (Å²) in [6, 6.07) is 18.0. The van der Waals surface area contributed by atoms with Gasteiger partial charge in [-0.2, -0.15) is 0 Å². The first kappa shape index (κ1) is 24.9. The molecular formula is C25H22Cl2N4O3S. The molecule has 0 aliphatic rings. The van der Waals surface area contributed by atoms with Crippen LogP contribution >= 0.6 is 34.5 Å². The standard InChI is InChI=1S/C25H22Cl2N4O3S/c1-34-12-11-30(24(33)22-6-3-13-35-22)16-23(32)29-25-28-21(17-7-9-18(26)10-8-17)15-31(25)20-5-2-4-19(27)14-20/h2-10,13-15H,11-12,16H2,1H3,(H,28,29,32). The lowest BCUT2D eigenvalue weighted by Gasteiger charge is -2.21. The fraction of sp³-hybridized carbons (Fsp3) is 0.160. The van der Waals surface area contributed by atoms with E-state index >= 15 is 0 Å². The van der Waals surface area contributed by atoms with Gasteiger partial charge in [0.05, 0.1) is 17.2 Å². The highest BCUT2D eigenvalue weighted by atomic mass is 35.5. The summed E-state index contributed by atoms with van der Waals surface area (Å²) in [7, 11) is 1.55. The second-order valence-corrected chi connectivity index (χ2v) is 9.37. The van der Waals surface area contributed by atoms with Gasteiger partial charge in [-0.05, 0) is 41.8 Å². The maximum Gasteiger partial charge on any atom is 0.264 e. The van der Waals surface area contributed by atoms with Gasteiger partial charge >= 0.3 is 0 Å². The number of nitrogens with one attached hydrogen (secondary N) is 1. The molecule has 4 rings (SSSR count). The van der Waals surface area contributed by atoms with Gasteiger partial charge in [-0.15, -0.1) is 11.3 Å². The number of aromatic nitrogens is 2. The third kappa shape index (κ3) is 6.29. The average Bonchev–Trinajstić information content (AvgIpc) is 3.52. The topological polar surface area (TPSA) is 76.5 Å². The maximum atomic E-state index is 13.1.